The molecular weight excluding hydrogens is 321 g/mol. The van der Waals surface area contributed by atoms with Gasteiger partial charge in [0.2, 0.25) is 10.0 Å². The molecule has 0 aromatic heterocycles. The number of ether oxygens (including phenoxy) is 1. The summed E-state index contributed by atoms with van der Waals surface area (Å²) in [6, 6.07) is 4.16. The van der Waals surface area contributed by atoms with Gasteiger partial charge in [-0.15, -0.1) is 25.6 Å². The fraction of sp³-hybridized carbons (Fsp3) is 0.400. The second-order valence-corrected chi connectivity index (χ2v) is 5.33. The normalized spacial score (nSPS) is 11.8. The van der Waals surface area contributed by atoms with Crippen molar-refractivity contribution in [3.63, 3.8) is 0 Å². The average molecular weight is 335 g/mol. The summed E-state index contributed by atoms with van der Waals surface area (Å²) in [4.78, 5) is -0.300. The summed E-state index contributed by atoms with van der Waals surface area (Å²) >= 11 is 0. The molecule has 0 amide bonds. The topological polar surface area (TPSA) is 81.4 Å². The summed E-state index contributed by atoms with van der Waals surface area (Å²) in [6.07, 6.45) is -4.44. The van der Waals surface area contributed by atoms with E-state index < -0.39 is 22.1 Å². The van der Waals surface area contributed by atoms with Crippen LogP contribution < -0.4 is 15.2 Å². The third kappa shape index (κ3) is 6.42. The molecule has 0 fully saturated rings. The van der Waals surface area contributed by atoms with Gasteiger partial charge in [0.1, 0.15) is 5.75 Å². The van der Waals surface area contributed by atoms with Gasteiger partial charge in [-0.3, -0.25) is 0 Å². The first-order valence-electron chi connectivity index (χ1n) is 5.30. The van der Waals surface area contributed by atoms with Crippen LogP contribution in [0, 0.1) is 0 Å². The first-order valence-corrected chi connectivity index (χ1v) is 6.78. The third-order valence-electron chi connectivity index (χ3n) is 2.02. The SMILES string of the molecule is Cl.NCCCNS(=O)(=O)c1cccc(OC(F)(F)F)c1. The maximum Gasteiger partial charge on any atom is 0.573 e. The summed E-state index contributed by atoms with van der Waals surface area (Å²) in [5.74, 6) is -0.589. The Kier molecular flexibility index (Phi) is 7.28. The van der Waals surface area contributed by atoms with Crippen LogP contribution in [0.1, 0.15) is 6.42 Å². The molecule has 1 aromatic rings. The molecule has 3 N–H and O–H groups in total. The molecule has 0 bridgehead atoms. The molecule has 116 valence electrons. The summed E-state index contributed by atoms with van der Waals surface area (Å²) < 4.78 is 65.4. The lowest BCUT2D eigenvalue weighted by Crippen LogP contribution is -2.26. The minimum atomic E-state index is -4.87. The van der Waals surface area contributed by atoms with Gasteiger partial charge in [-0.05, 0) is 25.1 Å². The first kappa shape index (κ1) is 19.0. The molecule has 0 aliphatic heterocycles. The molecular formula is C10H14ClF3N2O3S. The van der Waals surface area contributed by atoms with Crippen LogP contribution >= 0.6 is 12.4 Å². The molecule has 0 heterocycles. The van der Waals surface area contributed by atoms with Crippen LogP contribution in [0.25, 0.3) is 0 Å². The number of rotatable bonds is 6. The number of halogens is 4. The van der Waals surface area contributed by atoms with Crippen molar-refractivity contribution in [2.45, 2.75) is 17.7 Å². The smallest absolute Gasteiger partial charge is 0.406 e. The number of hydrogen-bond acceptors (Lipinski definition) is 4. The minimum absolute atomic E-state index is 0. The van der Waals surface area contributed by atoms with E-state index in [1.807, 2.05) is 0 Å². The van der Waals surface area contributed by atoms with E-state index in [2.05, 4.69) is 9.46 Å². The summed E-state index contributed by atoms with van der Waals surface area (Å²) in [5.41, 5.74) is 5.21. The van der Waals surface area contributed by atoms with Crippen LogP contribution in [0.4, 0.5) is 13.2 Å². The van der Waals surface area contributed by atoms with Crippen LogP contribution in [0.5, 0.6) is 5.75 Å². The van der Waals surface area contributed by atoms with E-state index in [-0.39, 0.29) is 23.8 Å². The molecule has 10 heteroatoms. The van der Waals surface area contributed by atoms with Crippen LogP contribution in [-0.4, -0.2) is 27.9 Å². The van der Waals surface area contributed by atoms with Crippen molar-refractivity contribution in [2.75, 3.05) is 13.1 Å². The van der Waals surface area contributed by atoms with E-state index >= 15 is 0 Å². The van der Waals surface area contributed by atoms with Crippen molar-refractivity contribution in [1.82, 2.24) is 4.72 Å². The molecule has 1 aromatic carbocycles. The van der Waals surface area contributed by atoms with Crippen LogP contribution in [-0.2, 0) is 10.0 Å². The van der Waals surface area contributed by atoms with Gasteiger partial charge in [0.05, 0.1) is 4.90 Å². The molecule has 0 saturated heterocycles. The van der Waals surface area contributed by atoms with E-state index in [1.54, 1.807) is 0 Å². The van der Waals surface area contributed by atoms with Gasteiger partial charge in [0, 0.05) is 12.6 Å². The Balaban J connectivity index is 0.00000361. The van der Waals surface area contributed by atoms with E-state index in [0.717, 1.165) is 12.1 Å². The summed E-state index contributed by atoms with van der Waals surface area (Å²) in [7, 11) is -3.86. The fourth-order valence-corrected chi connectivity index (χ4v) is 2.34. The molecule has 5 nitrogen and oxygen atoms in total. The van der Waals surface area contributed by atoms with E-state index in [9.17, 15) is 21.6 Å². The predicted molar refractivity (Wildman–Crippen MR) is 69.2 cm³/mol. The quantitative estimate of drug-likeness (QED) is 0.775. The number of nitrogens with one attached hydrogen (secondary N) is 1. The standard InChI is InChI=1S/C10H13F3N2O3S.ClH/c11-10(12,13)18-8-3-1-4-9(7-8)19(16,17)15-6-2-5-14;/h1,3-4,7,15H,2,5-6,14H2;1H. The number of benzene rings is 1. The lowest BCUT2D eigenvalue weighted by atomic mass is 10.3. The number of sulfonamides is 1. The van der Waals surface area contributed by atoms with Gasteiger partial charge < -0.3 is 10.5 Å². The molecule has 1 rings (SSSR count). The van der Waals surface area contributed by atoms with Crippen LogP contribution in [0.15, 0.2) is 29.2 Å². The van der Waals surface area contributed by atoms with Crippen molar-refractivity contribution in [1.29, 1.82) is 0 Å². The van der Waals surface area contributed by atoms with Gasteiger partial charge in [-0.2, -0.15) is 0 Å². The number of hydrogen-bond donors (Lipinski definition) is 2. The maximum absolute atomic E-state index is 12.0. The Morgan fingerprint density at radius 3 is 2.50 bits per heavy atom. The zero-order chi connectivity index (χ0) is 14.5. The maximum atomic E-state index is 12.0. The second-order valence-electron chi connectivity index (χ2n) is 3.56. The molecule has 0 atom stereocenters. The van der Waals surface area contributed by atoms with Crippen molar-refractivity contribution in [3.05, 3.63) is 24.3 Å². The summed E-state index contributed by atoms with van der Waals surface area (Å²) in [5, 5.41) is 0. The minimum Gasteiger partial charge on any atom is -0.406 e. The van der Waals surface area contributed by atoms with Crippen molar-refractivity contribution in [2.24, 2.45) is 5.73 Å². The highest BCUT2D eigenvalue weighted by Gasteiger charge is 2.31. The Morgan fingerprint density at radius 2 is 1.95 bits per heavy atom. The molecule has 0 aliphatic rings. The van der Waals surface area contributed by atoms with Gasteiger partial charge >= 0.3 is 6.36 Å². The largest absolute Gasteiger partial charge is 0.573 e. The molecule has 20 heavy (non-hydrogen) atoms. The lowest BCUT2D eigenvalue weighted by Gasteiger charge is -2.10. The Hall–Kier alpha value is -1.03. The van der Waals surface area contributed by atoms with Crippen molar-refractivity contribution < 1.29 is 26.3 Å². The molecule has 0 unspecified atom stereocenters. The zero-order valence-electron chi connectivity index (χ0n) is 10.2. The highest BCUT2D eigenvalue weighted by Crippen LogP contribution is 2.24. The molecule has 0 saturated carbocycles. The van der Waals surface area contributed by atoms with E-state index in [4.69, 9.17) is 5.73 Å². The third-order valence-corrected chi connectivity index (χ3v) is 3.48. The predicted octanol–water partition coefficient (Wildman–Crippen LogP) is 1.63. The van der Waals surface area contributed by atoms with Gasteiger partial charge in [-0.25, -0.2) is 13.1 Å². The van der Waals surface area contributed by atoms with E-state index in [1.165, 1.54) is 12.1 Å². The summed E-state index contributed by atoms with van der Waals surface area (Å²) in [6.45, 7) is 0.420. The Bertz CT molecular complexity index is 523. The zero-order valence-corrected chi connectivity index (χ0v) is 11.8. The van der Waals surface area contributed by atoms with E-state index in [0.29, 0.717) is 13.0 Å². The van der Waals surface area contributed by atoms with Gasteiger partial charge in [0.25, 0.3) is 0 Å². The van der Waals surface area contributed by atoms with Crippen molar-refractivity contribution >= 4 is 22.4 Å². The Labute approximate surface area is 120 Å². The highest BCUT2D eigenvalue weighted by atomic mass is 35.5. The molecule has 0 spiro atoms. The van der Waals surface area contributed by atoms with Gasteiger partial charge in [0.15, 0.2) is 0 Å². The molecule has 0 aliphatic carbocycles. The first-order chi connectivity index (χ1) is 8.74. The number of nitrogens with two attached hydrogens (primary N) is 1. The Morgan fingerprint density at radius 1 is 1.30 bits per heavy atom. The van der Waals surface area contributed by atoms with Crippen molar-refractivity contribution in [3.8, 4) is 5.75 Å². The average Bonchev–Trinajstić information content (AvgIpc) is 2.27. The lowest BCUT2D eigenvalue weighted by molar-refractivity contribution is -0.274. The number of alkyl halides is 3. The van der Waals surface area contributed by atoms with Gasteiger partial charge in [-0.1, -0.05) is 6.07 Å². The fourth-order valence-electron chi connectivity index (χ4n) is 1.23. The second kappa shape index (κ2) is 7.67. The molecule has 0 radical (unpaired) electrons. The van der Waals surface area contributed by atoms with Crippen LogP contribution in [0.2, 0.25) is 0 Å². The monoisotopic (exact) mass is 334 g/mol. The highest BCUT2D eigenvalue weighted by molar-refractivity contribution is 7.89. The van der Waals surface area contributed by atoms with Crippen LogP contribution in [0.3, 0.4) is 0 Å².